The molecule has 0 aliphatic heterocycles. The predicted octanol–water partition coefficient (Wildman–Crippen LogP) is 1.78. The monoisotopic (exact) mass is 278 g/mol. The van der Waals surface area contributed by atoms with E-state index in [1.54, 1.807) is 7.11 Å². The van der Waals surface area contributed by atoms with E-state index in [1.807, 2.05) is 24.3 Å². The van der Waals surface area contributed by atoms with Crippen molar-refractivity contribution in [3.63, 3.8) is 0 Å². The minimum absolute atomic E-state index is 0.221. The van der Waals surface area contributed by atoms with Crippen molar-refractivity contribution in [2.45, 2.75) is 25.3 Å². The van der Waals surface area contributed by atoms with Gasteiger partial charge < -0.3 is 20.5 Å². The van der Waals surface area contributed by atoms with Gasteiger partial charge in [0.2, 0.25) is 5.91 Å². The highest BCUT2D eigenvalue weighted by Crippen LogP contribution is 2.36. The van der Waals surface area contributed by atoms with Crippen molar-refractivity contribution >= 4 is 11.6 Å². The van der Waals surface area contributed by atoms with Crippen molar-refractivity contribution in [2.24, 2.45) is 11.7 Å². The maximum absolute atomic E-state index is 10.7. The van der Waals surface area contributed by atoms with Crippen molar-refractivity contribution in [1.82, 2.24) is 0 Å². The molecule has 2 rings (SSSR count). The summed E-state index contributed by atoms with van der Waals surface area (Å²) in [6.07, 6.45) is 2.70. The number of carbonyl (C=O) groups excluding carboxylic acids is 1. The number of amides is 1. The minimum atomic E-state index is -0.356. The SMILES string of the molecule is COCC(Nc1ccccc1OCCC(N)=O)C1CC1. The van der Waals surface area contributed by atoms with Crippen LogP contribution in [0.4, 0.5) is 5.69 Å². The molecule has 1 fully saturated rings. The van der Waals surface area contributed by atoms with Crippen molar-refractivity contribution in [1.29, 1.82) is 0 Å². The summed E-state index contributed by atoms with van der Waals surface area (Å²) in [6, 6.07) is 8.04. The Morgan fingerprint density at radius 3 is 2.85 bits per heavy atom. The zero-order valence-corrected chi connectivity index (χ0v) is 11.8. The highest BCUT2D eigenvalue weighted by Gasteiger charge is 2.31. The number of hydrogen-bond donors (Lipinski definition) is 2. The third-order valence-electron chi connectivity index (χ3n) is 3.37. The Bertz CT molecular complexity index is 446. The maximum Gasteiger partial charge on any atom is 0.220 e. The molecule has 1 aliphatic carbocycles. The predicted molar refractivity (Wildman–Crippen MR) is 77.8 cm³/mol. The van der Waals surface area contributed by atoms with E-state index < -0.39 is 0 Å². The Hall–Kier alpha value is -1.75. The molecule has 3 N–H and O–H groups in total. The van der Waals surface area contributed by atoms with Crippen molar-refractivity contribution in [3.05, 3.63) is 24.3 Å². The molecule has 1 amide bonds. The first-order valence-electron chi connectivity index (χ1n) is 6.96. The largest absolute Gasteiger partial charge is 0.491 e. The van der Waals surface area contributed by atoms with E-state index in [0.29, 0.717) is 25.2 Å². The Morgan fingerprint density at radius 1 is 1.45 bits per heavy atom. The molecule has 0 saturated heterocycles. The molecule has 5 heteroatoms. The fraction of sp³-hybridized carbons (Fsp3) is 0.533. The summed E-state index contributed by atoms with van der Waals surface area (Å²) in [4.78, 5) is 10.7. The number of hydrogen-bond acceptors (Lipinski definition) is 4. The van der Waals surface area contributed by atoms with Crippen LogP contribution in [0, 0.1) is 5.92 Å². The molecule has 1 unspecified atom stereocenters. The van der Waals surface area contributed by atoms with E-state index in [-0.39, 0.29) is 12.3 Å². The van der Waals surface area contributed by atoms with Gasteiger partial charge in [0.05, 0.1) is 31.4 Å². The van der Waals surface area contributed by atoms with Gasteiger partial charge in [-0.25, -0.2) is 0 Å². The Kier molecular flexibility index (Phi) is 5.24. The zero-order valence-electron chi connectivity index (χ0n) is 11.8. The van der Waals surface area contributed by atoms with Crippen LogP contribution in [0.5, 0.6) is 5.75 Å². The third kappa shape index (κ3) is 4.42. The molecule has 5 nitrogen and oxygen atoms in total. The van der Waals surface area contributed by atoms with E-state index in [4.69, 9.17) is 15.2 Å². The smallest absolute Gasteiger partial charge is 0.220 e. The molecule has 1 aliphatic rings. The van der Waals surface area contributed by atoms with E-state index >= 15 is 0 Å². The highest BCUT2D eigenvalue weighted by atomic mass is 16.5. The number of anilines is 1. The fourth-order valence-electron chi connectivity index (χ4n) is 2.15. The van der Waals surface area contributed by atoms with Crippen LogP contribution in [0.2, 0.25) is 0 Å². The average molecular weight is 278 g/mol. The number of para-hydroxylation sites is 2. The van der Waals surface area contributed by atoms with Crippen molar-refractivity contribution in [3.8, 4) is 5.75 Å². The number of rotatable bonds is 9. The molecule has 1 aromatic carbocycles. The number of nitrogens with one attached hydrogen (secondary N) is 1. The molecular formula is C15H22N2O3. The van der Waals surface area contributed by atoms with Gasteiger partial charge >= 0.3 is 0 Å². The third-order valence-corrected chi connectivity index (χ3v) is 3.37. The van der Waals surface area contributed by atoms with E-state index in [9.17, 15) is 4.79 Å². The lowest BCUT2D eigenvalue weighted by molar-refractivity contribution is -0.118. The number of benzene rings is 1. The van der Waals surface area contributed by atoms with Crippen LogP contribution in [0.3, 0.4) is 0 Å². The van der Waals surface area contributed by atoms with Gasteiger partial charge in [-0.05, 0) is 30.9 Å². The normalized spacial score (nSPS) is 15.7. The van der Waals surface area contributed by atoms with Gasteiger partial charge in [-0.3, -0.25) is 4.79 Å². The van der Waals surface area contributed by atoms with Crippen LogP contribution in [-0.4, -0.2) is 32.3 Å². The molecule has 0 heterocycles. The van der Waals surface area contributed by atoms with Gasteiger partial charge in [0, 0.05) is 7.11 Å². The molecule has 0 radical (unpaired) electrons. The fourth-order valence-corrected chi connectivity index (χ4v) is 2.15. The molecule has 1 saturated carbocycles. The van der Waals surface area contributed by atoms with Crippen LogP contribution in [0.1, 0.15) is 19.3 Å². The second-order valence-corrected chi connectivity index (χ2v) is 5.10. The van der Waals surface area contributed by atoms with Gasteiger partial charge in [0.1, 0.15) is 5.75 Å². The summed E-state index contributed by atoms with van der Waals surface area (Å²) in [5, 5.41) is 3.48. The number of methoxy groups -OCH3 is 1. The van der Waals surface area contributed by atoms with Gasteiger partial charge in [-0.2, -0.15) is 0 Å². The summed E-state index contributed by atoms with van der Waals surface area (Å²) < 4.78 is 10.9. The Morgan fingerprint density at radius 2 is 2.20 bits per heavy atom. The molecule has 20 heavy (non-hydrogen) atoms. The second kappa shape index (κ2) is 7.14. The highest BCUT2D eigenvalue weighted by molar-refractivity contribution is 5.73. The molecule has 1 aromatic rings. The molecule has 0 aromatic heterocycles. The Balaban J connectivity index is 1.96. The molecule has 0 spiro atoms. The van der Waals surface area contributed by atoms with E-state index in [0.717, 1.165) is 11.4 Å². The maximum atomic E-state index is 10.7. The summed E-state index contributed by atoms with van der Waals surface area (Å²) in [7, 11) is 1.71. The molecular weight excluding hydrogens is 256 g/mol. The van der Waals surface area contributed by atoms with Gasteiger partial charge in [0.25, 0.3) is 0 Å². The minimum Gasteiger partial charge on any atom is -0.491 e. The standard InChI is InChI=1S/C15H22N2O3/c1-19-10-13(11-6-7-11)17-12-4-2-3-5-14(12)20-9-8-15(16)18/h2-5,11,13,17H,6-10H2,1H3,(H2,16,18). The van der Waals surface area contributed by atoms with E-state index in [2.05, 4.69) is 5.32 Å². The quantitative estimate of drug-likeness (QED) is 0.722. The summed E-state index contributed by atoms with van der Waals surface area (Å²) in [6.45, 7) is 0.979. The zero-order chi connectivity index (χ0) is 14.4. The lowest BCUT2D eigenvalue weighted by Gasteiger charge is -2.20. The lowest BCUT2D eigenvalue weighted by atomic mass is 10.2. The van der Waals surface area contributed by atoms with Crippen LogP contribution in [-0.2, 0) is 9.53 Å². The van der Waals surface area contributed by atoms with Crippen LogP contribution >= 0.6 is 0 Å². The number of carbonyl (C=O) groups is 1. The van der Waals surface area contributed by atoms with E-state index in [1.165, 1.54) is 12.8 Å². The molecule has 1 atom stereocenters. The van der Waals surface area contributed by atoms with Gasteiger partial charge in [-0.1, -0.05) is 12.1 Å². The first kappa shape index (κ1) is 14.7. The lowest BCUT2D eigenvalue weighted by Crippen LogP contribution is -2.27. The molecule has 110 valence electrons. The van der Waals surface area contributed by atoms with Gasteiger partial charge in [0.15, 0.2) is 0 Å². The topological polar surface area (TPSA) is 73.6 Å². The van der Waals surface area contributed by atoms with Crippen molar-refractivity contribution < 1.29 is 14.3 Å². The van der Waals surface area contributed by atoms with Crippen LogP contribution in [0.25, 0.3) is 0 Å². The summed E-state index contributed by atoms with van der Waals surface area (Å²) in [5.74, 6) is 1.06. The van der Waals surface area contributed by atoms with Crippen molar-refractivity contribution in [2.75, 3.05) is 25.6 Å². The first-order chi connectivity index (χ1) is 9.70. The number of ether oxygens (including phenoxy) is 2. The van der Waals surface area contributed by atoms with Crippen LogP contribution < -0.4 is 15.8 Å². The summed E-state index contributed by atoms with van der Waals surface area (Å²) >= 11 is 0. The summed E-state index contributed by atoms with van der Waals surface area (Å²) in [5.41, 5.74) is 6.05. The van der Waals surface area contributed by atoms with Crippen LogP contribution in [0.15, 0.2) is 24.3 Å². The molecule has 0 bridgehead atoms. The second-order valence-electron chi connectivity index (χ2n) is 5.10. The van der Waals surface area contributed by atoms with Gasteiger partial charge in [-0.15, -0.1) is 0 Å². The number of primary amides is 1. The number of nitrogens with two attached hydrogens (primary N) is 1. The Labute approximate surface area is 119 Å². The first-order valence-corrected chi connectivity index (χ1v) is 6.96. The average Bonchev–Trinajstić information content (AvgIpc) is 3.24.